The molecule has 0 aliphatic rings. The van der Waals surface area contributed by atoms with Crippen LogP contribution in [0.5, 0.6) is 11.5 Å². The van der Waals surface area contributed by atoms with Crippen LogP contribution in [0, 0.1) is 0 Å². The van der Waals surface area contributed by atoms with Crippen LogP contribution in [0.15, 0.2) is 53.6 Å². The van der Waals surface area contributed by atoms with Gasteiger partial charge in [-0.2, -0.15) is 5.10 Å². The van der Waals surface area contributed by atoms with Gasteiger partial charge in [0.15, 0.2) is 17.6 Å². The van der Waals surface area contributed by atoms with Crippen LogP contribution in [0.1, 0.15) is 17.2 Å². The van der Waals surface area contributed by atoms with Gasteiger partial charge < -0.3 is 18.9 Å². The Morgan fingerprint density at radius 3 is 2.41 bits per heavy atom. The van der Waals surface area contributed by atoms with E-state index in [4.69, 9.17) is 14.2 Å². The standard InChI is InChI=1S/C19H20N2O6/c1-24-16-11-13(9-10-15(16)27-19(23)26-3)12-20-21-18(22)17(25-2)14-7-5-4-6-8-14/h4-12,17H,1-3H3,(H,21,22). The summed E-state index contributed by atoms with van der Waals surface area (Å²) >= 11 is 0. The molecule has 0 fully saturated rings. The number of rotatable bonds is 7. The molecule has 2 aromatic carbocycles. The molecule has 27 heavy (non-hydrogen) atoms. The second kappa shape index (κ2) is 9.93. The third-order valence-corrected chi connectivity index (χ3v) is 3.51. The lowest BCUT2D eigenvalue weighted by Crippen LogP contribution is -2.26. The summed E-state index contributed by atoms with van der Waals surface area (Å²) in [5.74, 6) is 0.112. The molecule has 0 saturated heterocycles. The maximum absolute atomic E-state index is 12.3. The number of nitrogens with one attached hydrogen (secondary N) is 1. The van der Waals surface area contributed by atoms with Gasteiger partial charge in [-0.05, 0) is 29.3 Å². The van der Waals surface area contributed by atoms with Crippen molar-refractivity contribution in [1.82, 2.24) is 5.43 Å². The van der Waals surface area contributed by atoms with Crippen LogP contribution in [0.2, 0.25) is 0 Å². The molecule has 0 aliphatic carbocycles. The number of ether oxygens (including phenoxy) is 4. The second-order valence-corrected chi connectivity index (χ2v) is 5.23. The molecule has 2 aromatic rings. The van der Waals surface area contributed by atoms with Crippen molar-refractivity contribution in [3.05, 3.63) is 59.7 Å². The van der Waals surface area contributed by atoms with E-state index in [0.717, 1.165) is 5.56 Å². The molecule has 1 unspecified atom stereocenters. The molecule has 0 bridgehead atoms. The molecule has 0 aliphatic heterocycles. The predicted octanol–water partition coefficient (Wildman–Crippen LogP) is 2.68. The maximum atomic E-state index is 12.3. The van der Waals surface area contributed by atoms with E-state index < -0.39 is 18.2 Å². The normalized spacial score (nSPS) is 11.7. The van der Waals surface area contributed by atoms with Crippen molar-refractivity contribution < 1.29 is 28.5 Å². The highest BCUT2D eigenvalue weighted by atomic mass is 16.7. The Balaban J connectivity index is 2.04. The smallest absolute Gasteiger partial charge is 0.493 e. The minimum atomic E-state index is -0.853. The average Bonchev–Trinajstić information content (AvgIpc) is 2.70. The Morgan fingerprint density at radius 2 is 1.78 bits per heavy atom. The first-order chi connectivity index (χ1) is 13.1. The third-order valence-electron chi connectivity index (χ3n) is 3.51. The summed E-state index contributed by atoms with van der Waals surface area (Å²) in [6.07, 6.45) is -0.192. The lowest BCUT2D eigenvalue weighted by atomic mass is 10.1. The molecule has 1 N–H and O–H groups in total. The largest absolute Gasteiger partial charge is 0.513 e. The van der Waals surface area contributed by atoms with Gasteiger partial charge in [0.25, 0.3) is 5.91 Å². The number of carbonyl (C=O) groups excluding carboxylic acids is 2. The number of hydrazone groups is 1. The molecule has 0 aromatic heterocycles. The van der Waals surface area contributed by atoms with E-state index in [0.29, 0.717) is 11.3 Å². The minimum absolute atomic E-state index is 0.203. The zero-order valence-corrected chi connectivity index (χ0v) is 15.2. The van der Waals surface area contributed by atoms with Crippen molar-refractivity contribution in [3.8, 4) is 11.5 Å². The molecule has 0 heterocycles. The van der Waals surface area contributed by atoms with Crippen molar-refractivity contribution in [2.45, 2.75) is 6.10 Å². The monoisotopic (exact) mass is 372 g/mol. The van der Waals surface area contributed by atoms with Crippen molar-refractivity contribution in [3.63, 3.8) is 0 Å². The number of benzene rings is 2. The number of hydrogen-bond acceptors (Lipinski definition) is 7. The Kier molecular flexibility index (Phi) is 7.33. The molecule has 0 spiro atoms. The molecule has 1 amide bonds. The third kappa shape index (κ3) is 5.55. The van der Waals surface area contributed by atoms with Gasteiger partial charge in [0, 0.05) is 7.11 Å². The number of methoxy groups -OCH3 is 3. The number of hydrogen-bond donors (Lipinski definition) is 1. The highest BCUT2D eigenvalue weighted by Gasteiger charge is 2.19. The van der Waals surface area contributed by atoms with E-state index in [-0.39, 0.29) is 5.75 Å². The Morgan fingerprint density at radius 1 is 1.04 bits per heavy atom. The van der Waals surface area contributed by atoms with Gasteiger partial charge in [0.05, 0.1) is 20.4 Å². The zero-order chi connectivity index (χ0) is 19.6. The lowest BCUT2D eigenvalue weighted by molar-refractivity contribution is -0.131. The van der Waals surface area contributed by atoms with E-state index in [9.17, 15) is 9.59 Å². The number of nitrogens with zero attached hydrogens (tertiary/aromatic N) is 1. The van der Waals surface area contributed by atoms with Gasteiger partial charge in [-0.1, -0.05) is 30.3 Å². The highest BCUT2D eigenvalue weighted by Crippen LogP contribution is 2.27. The minimum Gasteiger partial charge on any atom is -0.493 e. The van der Waals surface area contributed by atoms with E-state index in [1.165, 1.54) is 33.6 Å². The summed E-state index contributed by atoms with van der Waals surface area (Å²) in [5.41, 5.74) is 3.78. The fourth-order valence-corrected chi connectivity index (χ4v) is 2.23. The average molecular weight is 372 g/mol. The van der Waals surface area contributed by atoms with Crippen LogP contribution in [-0.4, -0.2) is 39.6 Å². The fraction of sp³-hybridized carbons (Fsp3) is 0.211. The van der Waals surface area contributed by atoms with Crippen LogP contribution >= 0.6 is 0 Å². The molecule has 8 heteroatoms. The first-order valence-corrected chi connectivity index (χ1v) is 7.93. The van der Waals surface area contributed by atoms with Crippen molar-refractivity contribution in [1.29, 1.82) is 0 Å². The van der Waals surface area contributed by atoms with Crippen molar-refractivity contribution in [2.75, 3.05) is 21.3 Å². The fourth-order valence-electron chi connectivity index (χ4n) is 2.23. The van der Waals surface area contributed by atoms with Gasteiger partial charge in [-0.25, -0.2) is 10.2 Å². The molecule has 0 radical (unpaired) electrons. The Bertz CT molecular complexity index is 807. The molecule has 8 nitrogen and oxygen atoms in total. The van der Waals surface area contributed by atoms with E-state index in [1.54, 1.807) is 24.3 Å². The molecule has 2 rings (SSSR count). The second-order valence-electron chi connectivity index (χ2n) is 5.23. The SMILES string of the molecule is COC(=O)Oc1ccc(C=NNC(=O)C(OC)c2ccccc2)cc1OC. The summed E-state index contributed by atoms with van der Waals surface area (Å²) in [6, 6.07) is 13.9. The van der Waals surface area contributed by atoms with Gasteiger partial charge in [0.2, 0.25) is 0 Å². The lowest BCUT2D eigenvalue weighted by Gasteiger charge is -2.13. The van der Waals surface area contributed by atoms with E-state index >= 15 is 0 Å². The number of amides is 1. The summed E-state index contributed by atoms with van der Waals surface area (Å²) in [4.78, 5) is 23.5. The van der Waals surface area contributed by atoms with E-state index in [1.807, 2.05) is 18.2 Å². The van der Waals surface area contributed by atoms with Gasteiger partial charge in [-0.3, -0.25) is 4.79 Å². The van der Waals surface area contributed by atoms with Crippen LogP contribution < -0.4 is 14.9 Å². The topological polar surface area (TPSA) is 95.5 Å². The molecular weight excluding hydrogens is 352 g/mol. The summed E-state index contributed by atoms with van der Waals surface area (Å²) < 4.78 is 19.8. The van der Waals surface area contributed by atoms with Crippen LogP contribution in [-0.2, 0) is 14.3 Å². The Labute approximate surface area is 156 Å². The quantitative estimate of drug-likeness (QED) is 0.347. The van der Waals surface area contributed by atoms with Crippen LogP contribution in [0.25, 0.3) is 0 Å². The predicted molar refractivity (Wildman–Crippen MR) is 98.0 cm³/mol. The molecule has 142 valence electrons. The first-order valence-electron chi connectivity index (χ1n) is 7.93. The molecule has 0 saturated carbocycles. The van der Waals surface area contributed by atoms with Gasteiger partial charge in [0.1, 0.15) is 0 Å². The Hall–Kier alpha value is -3.39. The summed E-state index contributed by atoms with van der Waals surface area (Å²) in [6.45, 7) is 0. The number of carbonyl (C=O) groups is 2. The van der Waals surface area contributed by atoms with Gasteiger partial charge in [-0.15, -0.1) is 0 Å². The van der Waals surface area contributed by atoms with Gasteiger partial charge >= 0.3 is 6.16 Å². The maximum Gasteiger partial charge on any atom is 0.513 e. The molecular formula is C19H20N2O6. The van der Waals surface area contributed by atoms with Crippen molar-refractivity contribution >= 4 is 18.3 Å². The highest BCUT2D eigenvalue weighted by molar-refractivity contribution is 5.85. The van der Waals surface area contributed by atoms with E-state index in [2.05, 4.69) is 15.3 Å². The summed E-state index contributed by atoms with van der Waals surface area (Å²) in [5, 5.41) is 3.93. The van der Waals surface area contributed by atoms with Crippen LogP contribution in [0.4, 0.5) is 4.79 Å². The van der Waals surface area contributed by atoms with Crippen molar-refractivity contribution in [2.24, 2.45) is 5.10 Å². The first kappa shape index (κ1) is 19.9. The molecule has 1 atom stereocenters. The summed E-state index contributed by atoms with van der Waals surface area (Å²) in [7, 11) is 4.10. The van der Waals surface area contributed by atoms with Crippen LogP contribution in [0.3, 0.4) is 0 Å². The zero-order valence-electron chi connectivity index (χ0n) is 15.2.